The number of nitrogens with one attached hydrogen (secondary N) is 2. The van der Waals surface area contributed by atoms with Crippen molar-refractivity contribution in [3.63, 3.8) is 0 Å². The quantitative estimate of drug-likeness (QED) is 0.885. The summed E-state index contributed by atoms with van der Waals surface area (Å²) >= 11 is 0. The van der Waals surface area contributed by atoms with Crippen molar-refractivity contribution in [2.45, 2.75) is 13.2 Å². The van der Waals surface area contributed by atoms with Gasteiger partial charge in [0.15, 0.2) is 0 Å². The number of halogens is 2. The smallest absolute Gasteiger partial charge is 0.387 e. The summed E-state index contributed by atoms with van der Waals surface area (Å²) in [6.07, 6.45) is 1.51. The second-order valence-electron chi connectivity index (χ2n) is 3.79. The summed E-state index contributed by atoms with van der Waals surface area (Å²) in [7, 11) is 0. The van der Waals surface area contributed by atoms with Crippen molar-refractivity contribution < 1.29 is 22.7 Å². The van der Waals surface area contributed by atoms with Gasteiger partial charge in [-0.25, -0.2) is 4.79 Å². The monoisotopic (exact) mass is 282 g/mol. The number of anilines is 1. The number of amides is 2. The zero-order valence-corrected chi connectivity index (χ0v) is 10.3. The average molecular weight is 282 g/mol. The molecule has 106 valence electrons. The summed E-state index contributed by atoms with van der Waals surface area (Å²) in [6, 6.07) is 8.63. The van der Waals surface area contributed by atoms with Gasteiger partial charge in [0.1, 0.15) is 11.5 Å². The molecule has 0 aliphatic carbocycles. The molecule has 0 saturated heterocycles. The predicted octanol–water partition coefficient (Wildman–Crippen LogP) is 3.20. The van der Waals surface area contributed by atoms with Crippen molar-refractivity contribution >= 4 is 11.7 Å². The number of alkyl halides is 2. The van der Waals surface area contributed by atoms with Crippen LogP contribution in [0.4, 0.5) is 19.3 Å². The van der Waals surface area contributed by atoms with E-state index in [2.05, 4.69) is 15.4 Å². The number of rotatable bonds is 5. The number of hydrogen-bond acceptors (Lipinski definition) is 3. The summed E-state index contributed by atoms with van der Waals surface area (Å²) < 4.78 is 33.2. The van der Waals surface area contributed by atoms with Crippen LogP contribution in [0.15, 0.2) is 47.1 Å². The van der Waals surface area contributed by atoms with Gasteiger partial charge >= 0.3 is 12.6 Å². The Morgan fingerprint density at radius 3 is 2.60 bits per heavy atom. The first-order valence-electron chi connectivity index (χ1n) is 5.75. The van der Waals surface area contributed by atoms with Crippen LogP contribution in [0.1, 0.15) is 5.76 Å². The Balaban J connectivity index is 1.81. The van der Waals surface area contributed by atoms with Gasteiger partial charge in [-0.15, -0.1) is 0 Å². The predicted molar refractivity (Wildman–Crippen MR) is 67.6 cm³/mol. The SMILES string of the molecule is O=C(NCc1ccco1)Nc1ccc(OC(F)F)cc1. The highest BCUT2D eigenvalue weighted by atomic mass is 19.3. The Morgan fingerprint density at radius 1 is 1.25 bits per heavy atom. The molecule has 1 aromatic heterocycles. The van der Waals surface area contributed by atoms with Gasteiger partial charge in [0, 0.05) is 5.69 Å². The molecule has 0 aliphatic rings. The molecule has 2 rings (SSSR count). The molecule has 0 radical (unpaired) electrons. The fourth-order valence-electron chi connectivity index (χ4n) is 1.48. The highest BCUT2D eigenvalue weighted by Crippen LogP contribution is 2.17. The lowest BCUT2D eigenvalue weighted by molar-refractivity contribution is -0.0498. The van der Waals surface area contributed by atoms with Crippen LogP contribution < -0.4 is 15.4 Å². The minimum Gasteiger partial charge on any atom is -0.467 e. The van der Waals surface area contributed by atoms with Crippen LogP contribution in [0.2, 0.25) is 0 Å². The number of ether oxygens (including phenoxy) is 1. The molecule has 0 bridgehead atoms. The van der Waals surface area contributed by atoms with E-state index in [0.717, 1.165) is 0 Å². The van der Waals surface area contributed by atoms with Gasteiger partial charge in [-0.1, -0.05) is 0 Å². The molecule has 2 amide bonds. The first kappa shape index (κ1) is 13.9. The van der Waals surface area contributed by atoms with Crippen LogP contribution in [0, 0.1) is 0 Å². The van der Waals surface area contributed by atoms with Crippen LogP contribution in [0.3, 0.4) is 0 Å². The third-order valence-corrected chi connectivity index (χ3v) is 2.34. The van der Waals surface area contributed by atoms with Crippen LogP contribution in [-0.2, 0) is 6.54 Å². The Labute approximate surface area is 113 Å². The molecule has 1 aromatic carbocycles. The molecule has 2 N–H and O–H groups in total. The fourth-order valence-corrected chi connectivity index (χ4v) is 1.48. The van der Waals surface area contributed by atoms with Gasteiger partial charge in [-0.05, 0) is 36.4 Å². The van der Waals surface area contributed by atoms with Crippen molar-refractivity contribution in [3.05, 3.63) is 48.4 Å². The van der Waals surface area contributed by atoms with Crippen molar-refractivity contribution in [2.24, 2.45) is 0 Å². The number of benzene rings is 1. The molecule has 20 heavy (non-hydrogen) atoms. The lowest BCUT2D eigenvalue weighted by atomic mass is 10.3. The van der Waals surface area contributed by atoms with Crippen molar-refractivity contribution in [1.29, 1.82) is 0 Å². The number of furan rings is 1. The highest BCUT2D eigenvalue weighted by molar-refractivity contribution is 5.89. The maximum Gasteiger partial charge on any atom is 0.387 e. The van der Waals surface area contributed by atoms with E-state index in [4.69, 9.17) is 4.42 Å². The molecule has 5 nitrogen and oxygen atoms in total. The molecule has 2 aromatic rings. The number of carbonyl (C=O) groups is 1. The largest absolute Gasteiger partial charge is 0.467 e. The molecular weight excluding hydrogens is 270 g/mol. The van der Waals surface area contributed by atoms with Crippen LogP contribution in [0.25, 0.3) is 0 Å². The summed E-state index contributed by atoms with van der Waals surface area (Å²) in [5.41, 5.74) is 0.462. The Morgan fingerprint density at radius 2 is 2.00 bits per heavy atom. The molecule has 0 atom stereocenters. The molecule has 1 heterocycles. The molecular formula is C13H12F2N2O3. The first-order valence-corrected chi connectivity index (χ1v) is 5.75. The van der Waals surface area contributed by atoms with Crippen LogP contribution in [-0.4, -0.2) is 12.6 Å². The van der Waals surface area contributed by atoms with Gasteiger partial charge in [-0.3, -0.25) is 0 Å². The average Bonchev–Trinajstić information content (AvgIpc) is 2.91. The van der Waals surface area contributed by atoms with Gasteiger partial charge in [0.2, 0.25) is 0 Å². The van der Waals surface area contributed by atoms with E-state index in [1.165, 1.54) is 30.5 Å². The van der Waals surface area contributed by atoms with Crippen molar-refractivity contribution in [2.75, 3.05) is 5.32 Å². The Hall–Kier alpha value is -2.57. The normalized spacial score (nSPS) is 10.3. The molecule has 0 aliphatic heterocycles. The summed E-state index contributed by atoms with van der Waals surface area (Å²) in [5, 5.41) is 5.14. The second-order valence-corrected chi connectivity index (χ2v) is 3.79. The molecule has 7 heteroatoms. The fraction of sp³-hybridized carbons (Fsp3) is 0.154. The van der Waals surface area contributed by atoms with Crippen molar-refractivity contribution in [1.82, 2.24) is 5.32 Å². The molecule has 0 spiro atoms. The first-order chi connectivity index (χ1) is 9.63. The number of carbonyl (C=O) groups excluding carboxylic acids is 1. The Bertz CT molecular complexity index is 541. The summed E-state index contributed by atoms with van der Waals surface area (Å²) in [5.74, 6) is 0.655. The summed E-state index contributed by atoms with van der Waals surface area (Å²) in [4.78, 5) is 11.6. The van der Waals surface area contributed by atoms with E-state index in [9.17, 15) is 13.6 Å². The van der Waals surface area contributed by atoms with Gasteiger partial charge in [-0.2, -0.15) is 8.78 Å². The highest BCUT2D eigenvalue weighted by Gasteiger charge is 2.05. The van der Waals surface area contributed by atoms with E-state index in [0.29, 0.717) is 11.4 Å². The molecule has 0 saturated carbocycles. The third kappa shape index (κ3) is 4.27. The standard InChI is InChI=1S/C13H12F2N2O3/c14-12(15)20-10-5-3-9(4-6-10)17-13(18)16-8-11-2-1-7-19-11/h1-7,12H,8H2,(H2,16,17,18). The number of hydrogen-bond donors (Lipinski definition) is 2. The van der Waals surface area contributed by atoms with Gasteiger partial charge < -0.3 is 19.8 Å². The topological polar surface area (TPSA) is 63.5 Å². The third-order valence-electron chi connectivity index (χ3n) is 2.34. The minimum atomic E-state index is -2.87. The maximum absolute atomic E-state index is 12.0. The second kappa shape index (κ2) is 6.55. The van der Waals surface area contributed by atoms with Gasteiger partial charge in [0.25, 0.3) is 0 Å². The Kier molecular flexibility index (Phi) is 4.54. The molecule has 0 unspecified atom stereocenters. The van der Waals surface area contributed by atoms with E-state index < -0.39 is 12.6 Å². The van der Waals surface area contributed by atoms with E-state index in [1.54, 1.807) is 12.1 Å². The van der Waals surface area contributed by atoms with E-state index in [1.807, 2.05) is 0 Å². The van der Waals surface area contributed by atoms with Crippen LogP contribution in [0.5, 0.6) is 5.75 Å². The maximum atomic E-state index is 12.0. The van der Waals surface area contributed by atoms with E-state index in [-0.39, 0.29) is 12.3 Å². The lowest BCUT2D eigenvalue weighted by Gasteiger charge is -2.08. The van der Waals surface area contributed by atoms with Crippen LogP contribution >= 0.6 is 0 Å². The minimum absolute atomic E-state index is 0.0292. The summed E-state index contributed by atoms with van der Waals surface area (Å²) in [6.45, 7) is -2.61. The molecule has 0 fully saturated rings. The lowest BCUT2D eigenvalue weighted by Crippen LogP contribution is -2.27. The zero-order valence-electron chi connectivity index (χ0n) is 10.3. The van der Waals surface area contributed by atoms with E-state index >= 15 is 0 Å². The zero-order chi connectivity index (χ0) is 14.4. The van der Waals surface area contributed by atoms with Gasteiger partial charge in [0.05, 0.1) is 12.8 Å². The number of urea groups is 1. The van der Waals surface area contributed by atoms with Crippen molar-refractivity contribution in [3.8, 4) is 5.75 Å².